The second kappa shape index (κ2) is 3.29. The molecule has 0 amide bonds. The minimum Gasteiger partial charge on any atom is -0.391 e. The summed E-state index contributed by atoms with van der Waals surface area (Å²) in [6, 6.07) is 2.00. The maximum Gasteiger partial charge on any atom is 0.136 e. The van der Waals surface area contributed by atoms with Crippen LogP contribution in [0.25, 0.3) is 5.52 Å². The largest absolute Gasteiger partial charge is 0.391 e. The summed E-state index contributed by atoms with van der Waals surface area (Å²) >= 11 is 0. The Balaban J connectivity index is 2.10. The summed E-state index contributed by atoms with van der Waals surface area (Å²) in [5, 5.41) is 17.2. The summed E-state index contributed by atoms with van der Waals surface area (Å²) in [5.41, 5.74) is 2.02. The van der Waals surface area contributed by atoms with Gasteiger partial charge in [0.25, 0.3) is 0 Å². The average molecular weight is 204 g/mol. The SMILES string of the molecule is OC1CCNC1c1ccn2ncncc12. The summed E-state index contributed by atoms with van der Waals surface area (Å²) in [7, 11) is 0. The summed E-state index contributed by atoms with van der Waals surface area (Å²) in [6.07, 6.45) is 5.66. The predicted molar refractivity (Wildman–Crippen MR) is 54.4 cm³/mol. The van der Waals surface area contributed by atoms with E-state index in [1.54, 1.807) is 10.7 Å². The van der Waals surface area contributed by atoms with E-state index in [0.717, 1.165) is 24.0 Å². The van der Waals surface area contributed by atoms with Crippen LogP contribution in [0.5, 0.6) is 0 Å². The first-order valence-electron chi connectivity index (χ1n) is 5.05. The highest BCUT2D eigenvalue weighted by Crippen LogP contribution is 2.26. The molecule has 2 N–H and O–H groups in total. The van der Waals surface area contributed by atoms with Gasteiger partial charge < -0.3 is 10.4 Å². The molecule has 5 heteroatoms. The van der Waals surface area contributed by atoms with Gasteiger partial charge >= 0.3 is 0 Å². The third-order valence-corrected chi connectivity index (χ3v) is 2.90. The molecule has 0 saturated carbocycles. The van der Waals surface area contributed by atoms with Crippen LogP contribution in [0.2, 0.25) is 0 Å². The highest BCUT2D eigenvalue weighted by Gasteiger charge is 2.28. The minimum atomic E-state index is -0.309. The molecular weight excluding hydrogens is 192 g/mol. The van der Waals surface area contributed by atoms with Crippen LogP contribution in [0.3, 0.4) is 0 Å². The van der Waals surface area contributed by atoms with E-state index < -0.39 is 0 Å². The van der Waals surface area contributed by atoms with Crippen molar-refractivity contribution in [2.75, 3.05) is 6.54 Å². The number of aliphatic hydroxyl groups is 1. The topological polar surface area (TPSA) is 62.5 Å². The Bertz CT molecular complexity index is 481. The molecule has 1 aliphatic rings. The number of hydrogen-bond donors (Lipinski definition) is 2. The molecule has 3 heterocycles. The Labute approximate surface area is 86.8 Å². The lowest BCUT2D eigenvalue weighted by atomic mass is 10.1. The Morgan fingerprint density at radius 3 is 3.27 bits per heavy atom. The summed E-state index contributed by atoms with van der Waals surface area (Å²) in [4.78, 5) is 4.00. The maximum absolute atomic E-state index is 9.81. The van der Waals surface area contributed by atoms with Gasteiger partial charge in [0.15, 0.2) is 0 Å². The zero-order chi connectivity index (χ0) is 10.3. The van der Waals surface area contributed by atoms with Gasteiger partial charge in [0.1, 0.15) is 6.33 Å². The lowest BCUT2D eigenvalue weighted by molar-refractivity contribution is 0.160. The van der Waals surface area contributed by atoms with Crippen molar-refractivity contribution in [2.24, 2.45) is 0 Å². The van der Waals surface area contributed by atoms with Crippen LogP contribution in [0, 0.1) is 0 Å². The van der Waals surface area contributed by atoms with Gasteiger partial charge in [-0.3, -0.25) is 0 Å². The molecule has 5 nitrogen and oxygen atoms in total. The van der Waals surface area contributed by atoms with E-state index in [2.05, 4.69) is 15.4 Å². The second-order valence-corrected chi connectivity index (χ2v) is 3.80. The van der Waals surface area contributed by atoms with Gasteiger partial charge in [0.05, 0.1) is 23.9 Å². The van der Waals surface area contributed by atoms with Gasteiger partial charge in [-0.05, 0) is 19.0 Å². The molecule has 0 bridgehead atoms. The number of nitrogens with one attached hydrogen (secondary N) is 1. The van der Waals surface area contributed by atoms with Crippen molar-refractivity contribution in [1.82, 2.24) is 19.9 Å². The van der Waals surface area contributed by atoms with Crippen LogP contribution in [-0.4, -0.2) is 32.4 Å². The maximum atomic E-state index is 9.81. The zero-order valence-corrected chi connectivity index (χ0v) is 8.17. The molecule has 0 aromatic carbocycles. The molecule has 1 saturated heterocycles. The normalized spacial score (nSPS) is 26.2. The van der Waals surface area contributed by atoms with Crippen molar-refractivity contribution in [2.45, 2.75) is 18.6 Å². The van der Waals surface area contributed by atoms with Crippen LogP contribution in [0.4, 0.5) is 0 Å². The molecule has 0 aliphatic carbocycles. The molecule has 1 aliphatic heterocycles. The summed E-state index contributed by atoms with van der Waals surface area (Å²) < 4.78 is 1.77. The van der Waals surface area contributed by atoms with Crippen LogP contribution >= 0.6 is 0 Å². The zero-order valence-electron chi connectivity index (χ0n) is 8.17. The first-order valence-corrected chi connectivity index (χ1v) is 5.05. The Morgan fingerprint density at radius 1 is 1.53 bits per heavy atom. The number of fused-ring (bicyclic) bond motifs is 1. The van der Waals surface area contributed by atoms with Gasteiger partial charge in [-0.15, -0.1) is 0 Å². The Morgan fingerprint density at radius 2 is 2.47 bits per heavy atom. The van der Waals surface area contributed by atoms with Crippen LogP contribution < -0.4 is 5.32 Å². The van der Waals surface area contributed by atoms with E-state index in [4.69, 9.17) is 0 Å². The molecule has 1 fully saturated rings. The van der Waals surface area contributed by atoms with Gasteiger partial charge in [0.2, 0.25) is 0 Å². The van der Waals surface area contributed by atoms with Crippen molar-refractivity contribution in [1.29, 1.82) is 0 Å². The fourth-order valence-electron chi connectivity index (χ4n) is 2.14. The fraction of sp³-hybridized carbons (Fsp3) is 0.400. The number of rotatable bonds is 1. The van der Waals surface area contributed by atoms with Gasteiger partial charge in [-0.1, -0.05) is 0 Å². The Kier molecular flexibility index (Phi) is 1.93. The standard InChI is InChI=1S/C10H12N4O/c15-9-1-3-12-10(9)7-2-4-14-8(7)5-11-6-13-14/h2,4-6,9-10,12,15H,1,3H2. The lowest BCUT2D eigenvalue weighted by Crippen LogP contribution is -2.20. The molecule has 15 heavy (non-hydrogen) atoms. The minimum absolute atomic E-state index is 0.0148. The van der Waals surface area contributed by atoms with Crippen molar-refractivity contribution < 1.29 is 5.11 Å². The summed E-state index contributed by atoms with van der Waals surface area (Å²) in [5.74, 6) is 0. The summed E-state index contributed by atoms with van der Waals surface area (Å²) in [6.45, 7) is 0.858. The number of hydrogen-bond acceptors (Lipinski definition) is 4. The van der Waals surface area contributed by atoms with Gasteiger partial charge in [-0.2, -0.15) is 5.10 Å². The molecule has 2 unspecified atom stereocenters. The second-order valence-electron chi connectivity index (χ2n) is 3.80. The highest BCUT2D eigenvalue weighted by molar-refractivity contribution is 5.55. The fourth-order valence-corrected chi connectivity index (χ4v) is 2.14. The number of aliphatic hydroxyl groups excluding tert-OH is 1. The van der Waals surface area contributed by atoms with E-state index in [0.29, 0.717) is 0 Å². The number of nitrogens with zero attached hydrogens (tertiary/aromatic N) is 3. The molecule has 2 aromatic rings. The third-order valence-electron chi connectivity index (χ3n) is 2.90. The number of aromatic nitrogens is 3. The van der Waals surface area contributed by atoms with Crippen LogP contribution in [0.1, 0.15) is 18.0 Å². The van der Waals surface area contributed by atoms with E-state index >= 15 is 0 Å². The van der Waals surface area contributed by atoms with Crippen LogP contribution in [-0.2, 0) is 0 Å². The predicted octanol–water partition coefficient (Wildman–Crippen LogP) is 0.125. The van der Waals surface area contributed by atoms with Gasteiger partial charge in [-0.25, -0.2) is 9.50 Å². The van der Waals surface area contributed by atoms with Gasteiger partial charge in [0, 0.05) is 11.8 Å². The highest BCUT2D eigenvalue weighted by atomic mass is 16.3. The first kappa shape index (κ1) is 8.82. The van der Waals surface area contributed by atoms with Crippen molar-refractivity contribution in [3.63, 3.8) is 0 Å². The lowest BCUT2D eigenvalue weighted by Gasteiger charge is -2.13. The van der Waals surface area contributed by atoms with Crippen molar-refractivity contribution in [3.05, 3.63) is 30.4 Å². The molecule has 3 rings (SSSR count). The molecule has 0 spiro atoms. The smallest absolute Gasteiger partial charge is 0.136 e. The van der Waals surface area contributed by atoms with Crippen LogP contribution in [0.15, 0.2) is 24.8 Å². The molecule has 0 radical (unpaired) electrons. The van der Waals surface area contributed by atoms with Crippen molar-refractivity contribution >= 4 is 5.52 Å². The Hall–Kier alpha value is -1.46. The van der Waals surface area contributed by atoms with E-state index in [9.17, 15) is 5.11 Å². The quantitative estimate of drug-likeness (QED) is 0.693. The first-order chi connectivity index (χ1) is 7.36. The van der Waals surface area contributed by atoms with E-state index in [1.165, 1.54) is 6.33 Å². The monoisotopic (exact) mass is 204 g/mol. The van der Waals surface area contributed by atoms with Crippen molar-refractivity contribution in [3.8, 4) is 0 Å². The van der Waals surface area contributed by atoms with E-state index in [1.807, 2.05) is 12.3 Å². The molecule has 2 aromatic heterocycles. The average Bonchev–Trinajstić information content (AvgIpc) is 2.83. The third kappa shape index (κ3) is 1.32. The molecule has 2 atom stereocenters. The van der Waals surface area contributed by atoms with E-state index in [-0.39, 0.29) is 12.1 Å². The molecular formula is C10H12N4O. The molecule has 78 valence electrons.